The summed E-state index contributed by atoms with van der Waals surface area (Å²) in [6.45, 7) is 1.94. The molecule has 2 fully saturated rings. The predicted molar refractivity (Wildman–Crippen MR) is 99.4 cm³/mol. The van der Waals surface area contributed by atoms with E-state index in [-0.39, 0.29) is 29.4 Å². The lowest BCUT2D eigenvalue weighted by Crippen LogP contribution is -2.58. The highest BCUT2D eigenvalue weighted by molar-refractivity contribution is 9.09. The summed E-state index contributed by atoms with van der Waals surface area (Å²) < 4.78 is 18.0. The van der Waals surface area contributed by atoms with Gasteiger partial charge in [0.15, 0.2) is 6.29 Å². The molecule has 4 nitrogen and oxygen atoms in total. The van der Waals surface area contributed by atoms with E-state index in [1.54, 1.807) is 0 Å². The molecule has 2 aromatic carbocycles. The molecule has 0 unspecified atom stereocenters. The van der Waals surface area contributed by atoms with Crippen LogP contribution in [0.5, 0.6) is 0 Å². The van der Waals surface area contributed by atoms with Crippen molar-refractivity contribution in [3.63, 3.8) is 0 Å². The molecule has 2 saturated heterocycles. The van der Waals surface area contributed by atoms with Crippen LogP contribution in [0.3, 0.4) is 0 Å². The minimum absolute atomic E-state index is 0.0317. The summed E-state index contributed by atoms with van der Waals surface area (Å²) >= 11 is 3.76. The Kier molecular flexibility index (Phi) is 5.48. The van der Waals surface area contributed by atoms with Crippen molar-refractivity contribution in [3.8, 4) is 0 Å². The Morgan fingerprint density at radius 2 is 1.68 bits per heavy atom. The van der Waals surface area contributed by atoms with Crippen molar-refractivity contribution in [2.45, 2.75) is 42.5 Å². The van der Waals surface area contributed by atoms with Crippen LogP contribution < -0.4 is 5.32 Å². The maximum Gasteiger partial charge on any atom is 0.172 e. The van der Waals surface area contributed by atoms with Gasteiger partial charge in [0.05, 0.1) is 24.1 Å². The number of halogens is 1. The molecule has 0 spiro atoms. The molecule has 0 aromatic heterocycles. The zero-order valence-electron chi connectivity index (χ0n) is 13.9. The van der Waals surface area contributed by atoms with E-state index in [1.807, 2.05) is 24.3 Å². The largest absolute Gasteiger partial charge is 0.369 e. The molecule has 0 radical (unpaired) electrons. The summed E-state index contributed by atoms with van der Waals surface area (Å²) in [6, 6.07) is 20.8. The van der Waals surface area contributed by atoms with Crippen molar-refractivity contribution in [3.05, 3.63) is 71.8 Å². The molecule has 2 bridgehead atoms. The Balaban J connectivity index is 1.45. The molecule has 132 valence electrons. The maximum absolute atomic E-state index is 6.27. The van der Waals surface area contributed by atoms with E-state index in [0.717, 1.165) is 12.1 Å². The Labute approximate surface area is 156 Å². The smallest absolute Gasteiger partial charge is 0.172 e. The number of rotatable bonds is 6. The number of hydrogen-bond acceptors (Lipinski definition) is 4. The van der Waals surface area contributed by atoms with Crippen LogP contribution in [0.4, 0.5) is 0 Å². The molecule has 25 heavy (non-hydrogen) atoms. The van der Waals surface area contributed by atoms with Crippen molar-refractivity contribution in [2.24, 2.45) is 0 Å². The normalized spacial score (nSPS) is 31.2. The molecule has 2 aliphatic heterocycles. The van der Waals surface area contributed by atoms with Crippen molar-refractivity contribution in [1.82, 2.24) is 5.32 Å². The van der Waals surface area contributed by atoms with E-state index >= 15 is 0 Å². The van der Waals surface area contributed by atoms with E-state index in [0.29, 0.717) is 13.2 Å². The summed E-state index contributed by atoms with van der Waals surface area (Å²) in [6.07, 6.45) is -0.308. The molecule has 0 saturated carbocycles. The van der Waals surface area contributed by atoms with Crippen molar-refractivity contribution in [2.75, 3.05) is 6.61 Å². The summed E-state index contributed by atoms with van der Waals surface area (Å²) in [5.74, 6) is 0. The summed E-state index contributed by atoms with van der Waals surface area (Å²) in [5, 5.41) is 3.64. The lowest BCUT2D eigenvalue weighted by Gasteiger charge is -2.39. The fraction of sp³-hybridized carbons (Fsp3) is 0.400. The molecule has 5 atom stereocenters. The second-order valence-corrected chi connectivity index (χ2v) is 7.53. The SMILES string of the molecule is Br[C@@H]1[C@@H]2OC[C@@H](O2)[C@@H](OCc2ccccc2)[C@@H]1NCc1ccccc1. The average Bonchev–Trinajstić information content (AvgIpc) is 3.11. The number of fused-ring (bicyclic) bond motifs is 2. The third-order valence-electron chi connectivity index (χ3n) is 4.73. The van der Waals surface area contributed by atoms with Crippen molar-refractivity contribution >= 4 is 15.9 Å². The Bertz CT molecular complexity index is 626. The van der Waals surface area contributed by atoms with Gasteiger partial charge in [0, 0.05) is 6.54 Å². The van der Waals surface area contributed by atoms with Gasteiger partial charge in [-0.25, -0.2) is 0 Å². The highest BCUT2D eigenvalue weighted by Crippen LogP contribution is 2.34. The van der Waals surface area contributed by atoms with Gasteiger partial charge in [0.2, 0.25) is 0 Å². The summed E-state index contributed by atoms with van der Waals surface area (Å²) in [5.41, 5.74) is 2.42. The quantitative estimate of drug-likeness (QED) is 0.751. The molecule has 2 aromatic rings. The van der Waals surface area contributed by atoms with Gasteiger partial charge in [-0.2, -0.15) is 0 Å². The second-order valence-electron chi connectivity index (χ2n) is 6.47. The Morgan fingerprint density at radius 1 is 1.00 bits per heavy atom. The summed E-state index contributed by atoms with van der Waals surface area (Å²) in [7, 11) is 0. The number of ether oxygens (including phenoxy) is 3. The first-order chi connectivity index (χ1) is 12.3. The topological polar surface area (TPSA) is 39.7 Å². The Morgan fingerprint density at radius 3 is 2.40 bits per heavy atom. The minimum Gasteiger partial charge on any atom is -0.369 e. The zero-order chi connectivity index (χ0) is 17.1. The van der Waals surface area contributed by atoms with Gasteiger partial charge in [-0.3, -0.25) is 0 Å². The first-order valence-electron chi connectivity index (χ1n) is 8.65. The van der Waals surface area contributed by atoms with E-state index in [2.05, 4.69) is 57.6 Å². The fourth-order valence-electron chi connectivity index (χ4n) is 3.40. The van der Waals surface area contributed by atoms with Crippen LogP contribution in [-0.4, -0.2) is 36.0 Å². The number of hydrogen-bond donors (Lipinski definition) is 1. The first-order valence-corrected chi connectivity index (χ1v) is 9.57. The van der Waals surface area contributed by atoms with Crippen LogP contribution in [0.25, 0.3) is 0 Å². The standard InChI is InChI=1S/C20H22BrNO3/c21-17-18(22-11-14-7-3-1-4-8-14)19(16-13-24-20(17)25-16)23-12-15-9-5-2-6-10-15/h1-10,16-20,22H,11-13H2/t16-,17+,18-,19-,20-/m1/s1. The molecule has 1 N–H and O–H groups in total. The van der Waals surface area contributed by atoms with Crippen molar-refractivity contribution in [1.29, 1.82) is 0 Å². The number of alkyl halides is 1. The molecular weight excluding hydrogens is 382 g/mol. The molecule has 0 aliphatic carbocycles. The third-order valence-corrected chi connectivity index (χ3v) is 5.73. The van der Waals surface area contributed by atoms with Gasteiger partial charge in [-0.15, -0.1) is 0 Å². The lowest BCUT2D eigenvalue weighted by molar-refractivity contribution is -0.146. The molecule has 4 rings (SSSR count). The highest BCUT2D eigenvalue weighted by atomic mass is 79.9. The average molecular weight is 404 g/mol. The molecule has 5 heteroatoms. The Hall–Kier alpha value is -1.24. The van der Waals surface area contributed by atoms with Gasteiger partial charge < -0.3 is 19.5 Å². The van der Waals surface area contributed by atoms with E-state index < -0.39 is 0 Å². The third kappa shape index (κ3) is 3.96. The first kappa shape index (κ1) is 17.2. The van der Waals surface area contributed by atoms with Gasteiger partial charge in [0.25, 0.3) is 0 Å². The van der Waals surface area contributed by atoms with Crippen LogP contribution in [0, 0.1) is 0 Å². The fourth-order valence-corrected chi connectivity index (χ4v) is 4.16. The van der Waals surface area contributed by atoms with Crippen LogP contribution in [0.2, 0.25) is 0 Å². The minimum atomic E-state index is -0.213. The monoisotopic (exact) mass is 403 g/mol. The van der Waals surface area contributed by atoms with E-state index in [9.17, 15) is 0 Å². The van der Waals surface area contributed by atoms with Crippen LogP contribution >= 0.6 is 15.9 Å². The predicted octanol–water partition coefficient (Wildman–Crippen LogP) is 3.25. The van der Waals surface area contributed by atoms with Gasteiger partial charge in [-0.1, -0.05) is 76.6 Å². The molecular formula is C20H22BrNO3. The molecule has 0 amide bonds. The zero-order valence-corrected chi connectivity index (χ0v) is 15.5. The van der Waals surface area contributed by atoms with Crippen molar-refractivity contribution < 1.29 is 14.2 Å². The summed E-state index contributed by atoms with van der Waals surface area (Å²) in [4.78, 5) is 0.0516. The molecule has 2 aliphatic rings. The van der Waals surface area contributed by atoms with Gasteiger partial charge in [-0.05, 0) is 11.1 Å². The van der Waals surface area contributed by atoms with Crippen LogP contribution in [0.15, 0.2) is 60.7 Å². The molecule has 2 heterocycles. The second kappa shape index (κ2) is 7.98. The van der Waals surface area contributed by atoms with E-state index in [4.69, 9.17) is 14.2 Å². The van der Waals surface area contributed by atoms with Crippen LogP contribution in [-0.2, 0) is 27.4 Å². The number of benzene rings is 2. The number of nitrogens with one attached hydrogen (secondary N) is 1. The van der Waals surface area contributed by atoms with E-state index in [1.165, 1.54) is 5.56 Å². The maximum atomic E-state index is 6.27. The van der Waals surface area contributed by atoms with Crippen LogP contribution in [0.1, 0.15) is 11.1 Å². The van der Waals surface area contributed by atoms with Gasteiger partial charge >= 0.3 is 0 Å². The lowest BCUT2D eigenvalue weighted by atomic mass is 9.99. The van der Waals surface area contributed by atoms with Gasteiger partial charge in [0.1, 0.15) is 12.2 Å². The highest BCUT2D eigenvalue weighted by Gasteiger charge is 2.50.